The molecule has 0 N–H and O–H groups in total. The predicted octanol–water partition coefficient (Wildman–Crippen LogP) is 2.33. The fourth-order valence-electron chi connectivity index (χ4n) is 4.15. The first-order valence-electron chi connectivity index (χ1n) is 11.0. The van der Waals surface area contributed by atoms with Crippen LogP contribution in [0.1, 0.15) is 29.5 Å². The molecule has 0 radical (unpaired) electrons. The maximum atomic E-state index is 13.2. The molecule has 0 saturated carbocycles. The Kier molecular flexibility index (Phi) is 9.14. The third-order valence-electron chi connectivity index (χ3n) is 5.68. The Hall–Kier alpha value is -3.28. The first-order valence-corrected chi connectivity index (χ1v) is 11.0. The van der Waals surface area contributed by atoms with Crippen molar-refractivity contribution >= 4 is 23.3 Å². The van der Waals surface area contributed by atoms with Gasteiger partial charge in [-0.1, -0.05) is 78.9 Å². The van der Waals surface area contributed by atoms with E-state index >= 15 is 0 Å². The second-order valence-corrected chi connectivity index (χ2v) is 7.98. The van der Waals surface area contributed by atoms with Crippen molar-refractivity contribution in [2.75, 3.05) is 13.1 Å². The van der Waals surface area contributed by atoms with Crippen LogP contribution in [0.4, 0.5) is 5.69 Å². The zero-order valence-corrected chi connectivity index (χ0v) is 19.6. The molecule has 0 amide bonds. The second-order valence-electron chi connectivity index (χ2n) is 7.98. The fraction of sp³-hybridized carbons (Fsp3) is 0.222. The molecule has 3 aromatic rings. The molecule has 1 saturated heterocycles. The van der Waals surface area contributed by atoms with Crippen LogP contribution in [-0.2, 0) is 27.8 Å². The summed E-state index contributed by atoms with van der Waals surface area (Å²) in [5.41, 5.74) is 3.49. The topological polar surface area (TPSA) is 91.1 Å². The predicted molar refractivity (Wildman–Crippen MR) is 125 cm³/mol. The van der Waals surface area contributed by atoms with Crippen LogP contribution in [-0.4, -0.2) is 41.6 Å². The van der Waals surface area contributed by atoms with Crippen LogP contribution >= 0.6 is 0 Å². The van der Waals surface area contributed by atoms with Gasteiger partial charge in [0.2, 0.25) is 0 Å². The minimum absolute atomic E-state index is 0. The van der Waals surface area contributed by atoms with E-state index in [-0.39, 0.29) is 28.4 Å². The number of nitrogens with zero attached hydrogens (tertiary/aromatic N) is 3. The van der Waals surface area contributed by atoms with Crippen molar-refractivity contribution in [2.24, 2.45) is 9.98 Å². The van der Waals surface area contributed by atoms with E-state index in [0.29, 0.717) is 23.5 Å². The molecule has 0 aromatic heterocycles. The van der Waals surface area contributed by atoms with E-state index in [4.69, 9.17) is 0 Å². The number of aliphatic carboxylic acids is 1. The molecule has 1 heterocycles. The van der Waals surface area contributed by atoms with Gasteiger partial charge in [-0.15, -0.1) is 0 Å². The molecule has 0 bridgehead atoms. The van der Waals surface area contributed by atoms with E-state index < -0.39 is 12.5 Å². The minimum atomic E-state index is -1.27. The van der Waals surface area contributed by atoms with E-state index in [1.54, 1.807) is 6.07 Å². The Morgan fingerprint density at radius 1 is 0.912 bits per heavy atom. The van der Waals surface area contributed by atoms with Gasteiger partial charge in [-0.2, -0.15) is 0 Å². The SMILES string of the molecule is O=C([O-])CN=C(c1ccccc1)c1ccccc1N=C([O-])[C@H]1CCCN1Cc1ccccc1.[Ni]. The van der Waals surface area contributed by atoms with Crippen molar-refractivity contribution < 1.29 is 31.5 Å². The number of carboxylic acid groups (broad SMARTS) is 1. The molecule has 0 aliphatic carbocycles. The number of benzene rings is 3. The summed E-state index contributed by atoms with van der Waals surface area (Å²) in [5, 5.41) is 24.3. The van der Waals surface area contributed by atoms with Gasteiger partial charge in [-0.3, -0.25) is 14.9 Å². The molecule has 1 aliphatic rings. The summed E-state index contributed by atoms with van der Waals surface area (Å²) in [7, 11) is 0. The van der Waals surface area contributed by atoms with Gasteiger partial charge >= 0.3 is 0 Å². The fourth-order valence-corrected chi connectivity index (χ4v) is 4.15. The summed E-state index contributed by atoms with van der Waals surface area (Å²) in [6.07, 6.45) is 1.71. The molecular weight excluding hydrogens is 473 g/mol. The average Bonchev–Trinajstić information content (AvgIpc) is 3.29. The molecule has 4 rings (SSSR count). The van der Waals surface area contributed by atoms with Crippen molar-refractivity contribution in [2.45, 2.75) is 25.4 Å². The largest absolute Gasteiger partial charge is 0.861 e. The summed E-state index contributed by atoms with van der Waals surface area (Å²) < 4.78 is 0. The number of carbonyl (C=O) groups is 1. The number of para-hydroxylation sites is 1. The molecular formula is C27H25N3NiO3-2. The molecule has 178 valence electrons. The van der Waals surface area contributed by atoms with Gasteiger partial charge in [0.25, 0.3) is 0 Å². The number of hydrogen-bond donors (Lipinski definition) is 0. The van der Waals surface area contributed by atoms with Gasteiger partial charge in [0.05, 0.1) is 23.9 Å². The molecule has 34 heavy (non-hydrogen) atoms. The van der Waals surface area contributed by atoms with E-state index in [1.807, 2.05) is 66.7 Å². The molecule has 1 aliphatic heterocycles. The monoisotopic (exact) mass is 497 g/mol. The Labute approximate surface area is 209 Å². The maximum absolute atomic E-state index is 13.2. The van der Waals surface area contributed by atoms with Crippen molar-refractivity contribution in [1.29, 1.82) is 0 Å². The Bertz CT molecular complexity index is 1150. The Morgan fingerprint density at radius 2 is 1.56 bits per heavy atom. The Morgan fingerprint density at radius 3 is 2.26 bits per heavy atom. The van der Waals surface area contributed by atoms with Crippen molar-refractivity contribution in [3.8, 4) is 0 Å². The molecule has 7 heteroatoms. The van der Waals surface area contributed by atoms with Crippen LogP contribution in [0, 0.1) is 0 Å². The molecule has 6 nitrogen and oxygen atoms in total. The normalized spacial score (nSPS) is 16.8. The van der Waals surface area contributed by atoms with Crippen LogP contribution in [0.25, 0.3) is 0 Å². The quantitative estimate of drug-likeness (QED) is 0.271. The Balaban J connectivity index is 0.00000324. The van der Waals surface area contributed by atoms with E-state index in [9.17, 15) is 15.0 Å². The van der Waals surface area contributed by atoms with Crippen molar-refractivity contribution in [1.82, 2.24) is 4.90 Å². The van der Waals surface area contributed by atoms with Crippen LogP contribution < -0.4 is 10.2 Å². The summed E-state index contributed by atoms with van der Waals surface area (Å²) >= 11 is 0. The molecule has 0 unspecified atom stereocenters. The van der Waals surface area contributed by atoms with Gasteiger partial charge < -0.3 is 15.0 Å². The van der Waals surface area contributed by atoms with E-state index in [0.717, 1.165) is 24.9 Å². The van der Waals surface area contributed by atoms with Crippen LogP contribution in [0.3, 0.4) is 0 Å². The van der Waals surface area contributed by atoms with Crippen LogP contribution in [0.5, 0.6) is 0 Å². The van der Waals surface area contributed by atoms with E-state index in [2.05, 4.69) is 27.0 Å². The maximum Gasteiger partial charge on any atom is 0.0792 e. The zero-order valence-electron chi connectivity index (χ0n) is 18.6. The van der Waals surface area contributed by atoms with E-state index in [1.165, 1.54) is 5.56 Å². The average molecular weight is 498 g/mol. The molecule has 1 atom stereocenters. The van der Waals surface area contributed by atoms with Crippen LogP contribution in [0.2, 0.25) is 0 Å². The van der Waals surface area contributed by atoms with Crippen molar-refractivity contribution in [3.63, 3.8) is 0 Å². The molecule has 1 fully saturated rings. The van der Waals surface area contributed by atoms with Gasteiger partial charge in [-0.25, -0.2) is 0 Å². The number of hydrogen-bond acceptors (Lipinski definition) is 6. The van der Waals surface area contributed by atoms with Gasteiger partial charge in [0, 0.05) is 40.2 Å². The number of likely N-dealkylation sites (tertiary alicyclic amines) is 1. The number of aliphatic imine (C=N–C) groups is 2. The first-order chi connectivity index (χ1) is 16.1. The second kappa shape index (κ2) is 12.3. The minimum Gasteiger partial charge on any atom is -0.861 e. The van der Waals surface area contributed by atoms with Crippen molar-refractivity contribution in [3.05, 3.63) is 102 Å². The third kappa shape index (κ3) is 6.40. The van der Waals surface area contributed by atoms with Crippen LogP contribution in [0.15, 0.2) is 94.9 Å². The van der Waals surface area contributed by atoms with Gasteiger partial charge in [0.1, 0.15) is 0 Å². The standard InChI is InChI=1S/C27H27N3O3.Ni/c31-25(32)18-28-26(21-12-5-2-6-13-21)22-14-7-8-15-23(22)29-27(33)24-16-9-17-30(24)19-20-10-3-1-4-11-20;/h1-8,10-15,24H,9,16-19H2,(H,29,33)(H,31,32);/p-2/t24-;/m1./s1. The van der Waals surface area contributed by atoms with Gasteiger partial charge in [-0.05, 0) is 36.9 Å². The third-order valence-corrected chi connectivity index (χ3v) is 5.68. The number of carbonyl (C=O) groups excluding carboxylic acids is 1. The summed E-state index contributed by atoms with van der Waals surface area (Å²) in [6, 6.07) is 26.3. The summed E-state index contributed by atoms with van der Waals surface area (Å²) in [5.74, 6) is -1.46. The number of rotatable bonds is 8. The number of carboxylic acids is 1. The zero-order chi connectivity index (χ0) is 23.0. The summed E-state index contributed by atoms with van der Waals surface area (Å²) in [4.78, 5) is 22.0. The first kappa shape index (κ1) is 25.3. The molecule has 3 aromatic carbocycles. The summed E-state index contributed by atoms with van der Waals surface area (Å²) in [6.45, 7) is 1.08. The van der Waals surface area contributed by atoms with Gasteiger partial charge in [0.15, 0.2) is 0 Å². The molecule has 0 spiro atoms. The smallest absolute Gasteiger partial charge is 0.0792 e.